The molecule has 2 atom stereocenters. The summed E-state index contributed by atoms with van der Waals surface area (Å²) in [6.07, 6.45) is 5.97. The monoisotopic (exact) mass is 242 g/mol. The summed E-state index contributed by atoms with van der Waals surface area (Å²) in [4.78, 5) is 3.34. The molecular weight excluding hydrogens is 220 g/mol. The highest BCUT2D eigenvalue weighted by Gasteiger charge is 2.39. The summed E-state index contributed by atoms with van der Waals surface area (Å²) in [6, 6.07) is 8.59. The lowest BCUT2D eigenvalue weighted by molar-refractivity contribution is 0.223. The van der Waals surface area contributed by atoms with Gasteiger partial charge in [-0.05, 0) is 35.8 Å². The smallest absolute Gasteiger partial charge is 0.0457 e. The molecule has 3 rings (SSSR count). The van der Waals surface area contributed by atoms with Crippen molar-refractivity contribution in [2.45, 2.75) is 39.2 Å². The Balaban J connectivity index is 1.99. The zero-order chi connectivity index (χ0) is 12.8. The molecule has 18 heavy (non-hydrogen) atoms. The number of H-pyrrole nitrogens is 1. The normalized spacial score (nSPS) is 24.5. The molecule has 1 heterocycles. The third-order valence-electron chi connectivity index (χ3n) is 4.75. The minimum absolute atomic E-state index is 0.152. The van der Waals surface area contributed by atoms with Crippen LogP contribution in [-0.2, 0) is 0 Å². The van der Waals surface area contributed by atoms with Crippen LogP contribution in [0.4, 0.5) is 0 Å². The lowest BCUT2D eigenvalue weighted by atomic mass is 9.76. The van der Waals surface area contributed by atoms with E-state index in [9.17, 15) is 0 Å². The Morgan fingerprint density at radius 3 is 2.83 bits per heavy atom. The Hall–Kier alpha value is -1.28. The Bertz CT molecular complexity index is 553. The maximum atomic E-state index is 6.57. The van der Waals surface area contributed by atoms with Gasteiger partial charge in [-0.3, -0.25) is 0 Å². The molecule has 0 radical (unpaired) electrons. The largest absolute Gasteiger partial charge is 0.361 e. The van der Waals surface area contributed by atoms with E-state index in [0.29, 0.717) is 11.3 Å². The van der Waals surface area contributed by atoms with Gasteiger partial charge in [0, 0.05) is 23.1 Å². The number of nitrogens with one attached hydrogen (secondary N) is 1. The van der Waals surface area contributed by atoms with Gasteiger partial charge in [-0.15, -0.1) is 0 Å². The van der Waals surface area contributed by atoms with E-state index in [1.54, 1.807) is 0 Å². The van der Waals surface area contributed by atoms with E-state index in [0.717, 1.165) is 0 Å². The number of hydrogen-bond donors (Lipinski definition) is 2. The molecule has 0 amide bonds. The quantitative estimate of drug-likeness (QED) is 0.821. The number of fused-ring (bicyclic) bond motifs is 1. The number of rotatable bonds is 2. The summed E-state index contributed by atoms with van der Waals surface area (Å²) in [5.41, 5.74) is 9.42. The molecule has 0 saturated heterocycles. The molecule has 0 aliphatic heterocycles. The molecule has 0 bridgehead atoms. The highest BCUT2D eigenvalue weighted by Crippen LogP contribution is 2.48. The van der Waals surface area contributed by atoms with Gasteiger partial charge in [0.15, 0.2) is 0 Å². The van der Waals surface area contributed by atoms with Crippen LogP contribution in [0, 0.1) is 11.3 Å². The third kappa shape index (κ3) is 1.76. The molecule has 1 aromatic carbocycles. The lowest BCUT2D eigenvalue weighted by Crippen LogP contribution is -2.29. The minimum Gasteiger partial charge on any atom is -0.361 e. The summed E-state index contributed by atoms with van der Waals surface area (Å²) in [6.45, 7) is 4.72. The van der Waals surface area contributed by atoms with Gasteiger partial charge in [0.25, 0.3) is 0 Å². The van der Waals surface area contributed by atoms with Crippen molar-refractivity contribution in [2.24, 2.45) is 17.1 Å². The average molecular weight is 242 g/mol. The van der Waals surface area contributed by atoms with E-state index in [1.807, 2.05) is 0 Å². The van der Waals surface area contributed by atoms with Crippen LogP contribution in [0.2, 0.25) is 0 Å². The number of benzene rings is 1. The number of aromatic nitrogens is 1. The molecule has 1 saturated carbocycles. The Labute approximate surface area is 109 Å². The molecule has 2 nitrogen and oxygen atoms in total. The Kier molecular flexibility index (Phi) is 2.70. The summed E-state index contributed by atoms with van der Waals surface area (Å²) >= 11 is 0. The molecule has 96 valence electrons. The van der Waals surface area contributed by atoms with Crippen molar-refractivity contribution in [1.82, 2.24) is 4.98 Å². The molecule has 1 aliphatic carbocycles. The van der Waals surface area contributed by atoms with Crippen LogP contribution in [0.5, 0.6) is 0 Å². The molecule has 2 heteroatoms. The Morgan fingerprint density at radius 2 is 2.11 bits per heavy atom. The fraction of sp³-hybridized carbons (Fsp3) is 0.500. The minimum atomic E-state index is 0.152. The van der Waals surface area contributed by atoms with Gasteiger partial charge in [0.2, 0.25) is 0 Å². The van der Waals surface area contributed by atoms with Crippen LogP contribution in [-0.4, -0.2) is 4.98 Å². The standard InChI is InChI=1S/C16H22N2/c1-16(2)9-5-7-13(16)15(17)12-10-18-14-8-4-3-6-11(12)14/h3-4,6,8,10,13,15,18H,5,7,9,17H2,1-2H3. The van der Waals surface area contributed by atoms with Gasteiger partial charge in [-0.2, -0.15) is 0 Å². The van der Waals surface area contributed by atoms with Crippen LogP contribution in [0.15, 0.2) is 30.5 Å². The topological polar surface area (TPSA) is 41.8 Å². The number of para-hydroxylation sites is 1. The van der Waals surface area contributed by atoms with E-state index in [-0.39, 0.29) is 6.04 Å². The van der Waals surface area contributed by atoms with Crippen molar-refractivity contribution in [2.75, 3.05) is 0 Å². The van der Waals surface area contributed by atoms with Crippen molar-refractivity contribution >= 4 is 10.9 Å². The summed E-state index contributed by atoms with van der Waals surface area (Å²) in [5, 5.41) is 1.28. The predicted octanol–water partition coefficient (Wildman–Crippen LogP) is 3.99. The van der Waals surface area contributed by atoms with Gasteiger partial charge in [-0.1, -0.05) is 38.5 Å². The van der Waals surface area contributed by atoms with Gasteiger partial charge < -0.3 is 10.7 Å². The van der Waals surface area contributed by atoms with Crippen molar-refractivity contribution in [1.29, 1.82) is 0 Å². The van der Waals surface area contributed by atoms with E-state index >= 15 is 0 Å². The van der Waals surface area contributed by atoms with Crippen LogP contribution in [0.3, 0.4) is 0 Å². The molecular formula is C16H22N2. The zero-order valence-corrected chi connectivity index (χ0v) is 11.2. The van der Waals surface area contributed by atoms with Crippen molar-refractivity contribution in [3.05, 3.63) is 36.0 Å². The molecule has 2 aromatic rings. The van der Waals surface area contributed by atoms with Crippen molar-refractivity contribution < 1.29 is 0 Å². The maximum absolute atomic E-state index is 6.57. The first-order valence-electron chi connectivity index (χ1n) is 6.91. The SMILES string of the molecule is CC1(C)CCCC1C(N)c1c[nH]c2ccccc12. The molecule has 0 spiro atoms. The fourth-order valence-electron chi connectivity index (χ4n) is 3.61. The first kappa shape index (κ1) is 11.8. The maximum Gasteiger partial charge on any atom is 0.0457 e. The second kappa shape index (κ2) is 4.13. The van der Waals surface area contributed by atoms with Crippen LogP contribution >= 0.6 is 0 Å². The summed E-state index contributed by atoms with van der Waals surface area (Å²) < 4.78 is 0. The number of aromatic amines is 1. The first-order chi connectivity index (χ1) is 8.59. The highest BCUT2D eigenvalue weighted by molar-refractivity contribution is 5.83. The van der Waals surface area contributed by atoms with Gasteiger partial charge in [0.05, 0.1) is 0 Å². The van der Waals surface area contributed by atoms with Crippen molar-refractivity contribution in [3.8, 4) is 0 Å². The molecule has 1 fully saturated rings. The van der Waals surface area contributed by atoms with E-state index < -0.39 is 0 Å². The zero-order valence-electron chi connectivity index (χ0n) is 11.2. The van der Waals surface area contributed by atoms with Crippen LogP contribution < -0.4 is 5.73 Å². The molecule has 3 N–H and O–H groups in total. The number of hydrogen-bond acceptors (Lipinski definition) is 1. The lowest BCUT2D eigenvalue weighted by Gasteiger charge is -2.32. The molecule has 1 aromatic heterocycles. The first-order valence-corrected chi connectivity index (χ1v) is 6.91. The van der Waals surface area contributed by atoms with Gasteiger partial charge in [0.1, 0.15) is 0 Å². The van der Waals surface area contributed by atoms with Gasteiger partial charge >= 0.3 is 0 Å². The van der Waals surface area contributed by atoms with E-state index in [2.05, 4.69) is 49.3 Å². The fourth-order valence-corrected chi connectivity index (χ4v) is 3.61. The third-order valence-corrected chi connectivity index (χ3v) is 4.75. The van der Waals surface area contributed by atoms with E-state index in [1.165, 1.54) is 35.7 Å². The second-order valence-corrected chi connectivity index (χ2v) is 6.30. The highest BCUT2D eigenvalue weighted by atomic mass is 14.7. The second-order valence-electron chi connectivity index (χ2n) is 6.30. The summed E-state index contributed by atoms with van der Waals surface area (Å²) in [5.74, 6) is 0.594. The predicted molar refractivity (Wildman–Crippen MR) is 76.3 cm³/mol. The average Bonchev–Trinajstić information content (AvgIpc) is 2.91. The van der Waals surface area contributed by atoms with E-state index in [4.69, 9.17) is 5.73 Å². The van der Waals surface area contributed by atoms with Gasteiger partial charge in [-0.25, -0.2) is 0 Å². The van der Waals surface area contributed by atoms with Crippen LogP contribution in [0.1, 0.15) is 44.7 Å². The van der Waals surface area contributed by atoms with Crippen LogP contribution in [0.25, 0.3) is 10.9 Å². The molecule has 1 aliphatic rings. The van der Waals surface area contributed by atoms with Crippen molar-refractivity contribution in [3.63, 3.8) is 0 Å². The number of nitrogens with two attached hydrogens (primary N) is 1. The Morgan fingerprint density at radius 1 is 1.33 bits per heavy atom. The molecule has 2 unspecified atom stereocenters. The summed E-state index contributed by atoms with van der Waals surface area (Å²) in [7, 11) is 0.